The van der Waals surface area contributed by atoms with Crippen LogP contribution in [0.15, 0.2) is 77.6 Å². The van der Waals surface area contributed by atoms with Gasteiger partial charge in [-0.1, -0.05) is 49.7 Å². The summed E-state index contributed by atoms with van der Waals surface area (Å²) in [6.45, 7) is 3.14. The first kappa shape index (κ1) is 25.2. The third-order valence-corrected chi connectivity index (χ3v) is 7.28. The Morgan fingerprint density at radius 1 is 1.03 bits per heavy atom. The van der Waals surface area contributed by atoms with Gasteiger partial charge in [-0.2, -0.15) is 13.2 Å². The zero-order valence-corrected chi connectivity index (χ0v) is 20.7. The van der Waals surface area contributed by atoms with Crippen molar-refractivity contribution in [3.05, 3.63) is 99.3 Å². The molecule has 9 heteroatoms. The van der Waals surface area contributed by atoms with Crippen LogP contribution in [0.25, 0.3) is 16.6 Å². The zero-order valence-electron chi connectivity index (χ0n) is 20.0. The second-order valence-corrected chi connectivity index (χ2v) is 10.5. The molecule has 5 rings (SSSR count). The highest BCUT2D eigenvalue weighted by molar-refractivity contribution is 6.30. The number of anilines is 1. The Kier molecular flexibility index (Phi) is 5.80. The van der Waals surface area contributed by atoms with Gasteiger partial charge in [-0.3, -0.25) is 9.36 Å². The van der Waals surface area contributed by atoms with Crippen molar-refractivity contribution >= 4 is 28.2 Å². The van der Waals surface area contributed by atoms with E-state index in [0.29, 0.717) is 27.2 Å². The van der Waals surface area contributed by atoms with Crippen LogP contribution in [0.4, 0.5) is 18.9 Å². The molecule has 0 saturated carbocycles. The van der Waals surface area contributed by atoms with Crippen LogP contribution in [-0.4, -0.2) is 26.6 Å². The lowest BCUT2D eigenvalue weighted by molar-refractivity contribution is -0.275. The number of phenolic OH excluding ortho intramolecular Hbond substituents is 1. The van der Waals surface area contributed by atoms with Gasteiger partial charge in [-0.25, -0.2) is 0 Å². The van der Waals surface area contributed by atoms with E-state index in [4.69, 9.17) is 11.6 Å². The second-order valence-electron chi connectivity index (χ2n) is 10.0. The monoisotopic (exact) mass is 528 g/mol. The van der Waals surface area contributed by atoms with Gasteiger partial charge in [0, 0.05) is 27.7 Å². The first-order valence-corrected chi connectivity index (χ1v) is 12.0. The van der Waals surface area contributed by atoms with E-state index in [2.05, 4.69) is 5.32 Å². The van der Waals surface area contributed by atoms with Crippen LogP contribution in [0.1, 0.15) is 37.4 Å². The predicted molar refractivity (Wildman–Crippen MR) is 138 cm³/mol. The quantitative estimate of drug-likeness (QED) is 0.284. The smallest absolute Gasteiger partial charge is 0.419 e. The molecule has 0 fully saturated rings. The molecule has 0 saturated heterocycles. The third-order valence-electron chi connectivity index (χ3n) is 7.05. The molecule has 1 aliphatic rings. The van der Waals surface area contributed by atoms with Gasteiger partial charge in [-0.15, -0.1) is 0 Å². The number of benzene rings is 3. The van der Waals surface area contributed by atoms with Crippen molar-refractivity contribution in [3.8, 4) is 11.4 Å². The Morgan fingerprint density at radius 3 is 2.43 bits per heavy atom. The van der Waals surface area contributed by atoms with Crippen LogP contribution in [0.3, 0.4) is 0 Å². The molecule has 1 heterocycles. The summed E-state index contributed by atoms with van der Waals surface area (Å²) in [4.78, 5) is 12.8. The number of aromatic nitrogens is 1. The molecule has 37 heavy (non-hydrogen) atoms. The van der Waals surface area contributed by atoms with Crippen LogP contribution in [0.2, 0.25) is 5.02 Å². The molecule has 1 aromatic heterocycles. The minimum atomic E-state index is -4.97. The molecule has 2 atom stereocenters. The fraction of sp³-hybridized carbons (Fsp3) is 0.250. The fourth-order valence-corrected chi connectivity index (χ4v) is 5.74. The van der Waals surface area contributed by atoms with Gasteiger partial charge in [0.15, 0.2) is 5.60 Å². The Labute approximate surface area is 215 Å². The van der Waals surface area contributed by atoms with E-state index in [9.17, 15) is 28.2 Å². The molecular weight excluding hydrogens is 505 g/mol. The van der Waals surface area contributed by atoms with Gasteiger partial charge in [0.05, 0.1) is 17.2 Å². The first-order chi connectivity index (χ1) is 17.3. The largest absolute Gasteiger partial charge is 0.508 e. The van der Waals surface area contributed by atoms with Gasteiger partial charge < -0.3 is 15.5 Å². The minimum Gasteiger partial charge on any atom is -0.508 e. The summed E-state index contributed by atoms with van der Waals surface area (Å²) in [6, 6.07) is 17.2. The number of aliphatic hydroxyl groups is 1. The SMILES string of the molecule is CC1(C)CC(O)(C(F)(F)F)C(Nc2cccc3c2ccc(=O)n3-c2cccc(Cl)c2)c2cccc(O)c21. The lowest BCUT2D eigenvalue weighted by Gasteiger charge is -2.49. The maximum atomic E-state index is 14.5. The number of fused-ring (bicyclic) bond motifs is 2. The molecule has 0 spiro atoms. The highest BCUT2D eigenvalue weighted by Gasteiger charge is 2.64. The summed E-state index contributed by atoms with van der Waals surface area (Å²) in [7, 11) is 0. The summed E-state index contributed by atoms with van der Waals surface area (Å²) in [5.41, 5.74) is -2.91. The van der Waals surface area contributed by atoms with E-state index in [1.807, 2.05) is 0 Å². The van der Waals surface area contributed by atoms with Gasteiger partial charge in [0.2, 0.25) is 0 Å². The number of pyridine rings is 1. The minimum absolute atomic E-state index is 0.133. The van der Waals surface area contributed by atoms with Crippen molar-refractivity contribution in [3.63, 3.8) is 0 Å². The topological polar surface area (TPSA) is 74.5 Å². The van der Waals surface area contributed by atoms with Crippen molar-refractivity contribution in [2.24, 2.45) is 0 Å². The van der Waals surface area contributed by atoms with Crippen molar-refractivity contribution < 1.29 is 23.4 Å². The second kappa shape index (κ2) is 8.53. The summed E-state index contributed by atoms with van der Waals surface area (Å²) >= 11 is 6.13. The molecule has 0 aliphatic heterocycles. The molecule has 192 valence electrons. The number of alkyl halides is 3. The summed E-state index contributed by atoms with van der Waals surface area (Å²) in [5.74, 6) is -0.133. The van der Waals surface area contributed by atoms with Crippen LogP contribution in [-0.2, 0) is 5.41 Å². The molecule has 3 N–H and O–H groups in total. The van der Waals surface area contributed by atoms with E-state index < -0.39 is 29.7 Å². The fourth-order valence-electron chi connectivity index (χ4n) is 5.55. The Balaban J connectivity index is 1.73. The number of nitrogens with zero attached hydrogens (tertiary/aromatic N) is 1. The Hall–Kier alpha value is -3.49. The molecular formula is C28H24ClF3N2O3. The van der Waals surface area contributed by atoms with Crippen LogP contribution < -0.4 is 10.9 Å². The number of aromatic hydroxyl groups is 1. The Morgan fingerprint density at radius 2 is 1.73 bits per heavy atom. The number of phenols is 1. The molecule has 5 nitrogen and oxygen atoms in total. The average Bonchev–Trinajstić information content (AvgIpc) is 2.80. The highest BCUT2D eigenvalue weighted by Crippen LogP contribution is 2.56. The number of rotatable bonds is 3. The normalized spacial score (nSPS) is 21.0. The van der Waals surface area contributed by atoms with E-state index in [0.717, 1.165) is 0 Å². The average molecular weight is 529 g/mol. The molecule has 0 amide bonds. The van der Waals surface area contributed by atoms with Gasteiger partial charge >= 0.3 is 6.18 Å². The lowest BCUT2D eigenvalue weighted by atomic mass is 9.63. The standard InChI is InChI=1S/C28H24ClF3N2O3/c1-26(2)15-27(37,28(30,31)32)25(19-8-4-11-22(35)24(19)26)33-20-9-5-10-21-18(20)12-13-23(36)34(21)17-7-3-6-16(29)14-17/h3-14,25,33,35,37H,15H2,1-2H3. The molecule has 2 unspecified atom stereocenters. The van der Waals surface area contributed by atoms with Gasteiger partial charge in [-0.05, 0) is 59.9 Å². The first-order valence-electron chi connectivity index (χ1n) is 11.6. The number of nitrogens with one attached hydrogen (secondary N) is 1. The summed E-state index contributed by atoms with van der Waals surface area (Å²) in [5, 5.41) is 25.7. The van der Waals surface area contributed by atoms with Crippen molar-refractivity contribution in [1.82, 2.24) is 4.57 Å². The number of hydrogen-bond donors (Lipinski definition) is 3. The Bertz CT molecular complexity index is 1580. The van der Waals surface area contributed by atoms with Crippen LogP contribution >= 0.6 is 11.6 Å². The third kappa shape index (κ3) is 4.04. The van der Waals surface area contributed by atoms with Crippen molar-refractivity contribution in [2.45, 2.75) is 43.5 Å². The summed E-state index contributed by atoms with van der Waals surface area (Å²) < 4.78 is 44.9. The maximum Gasteiger partial charge on any atom is 0.419 e. The number of halogens is 4. The predicted octanol–water partition coefficient (Wildman–Crippen LogP) is 6.48. The molecule has 4 aromatic rings. The molecule has 1 aliphatic carbocycles. The molecule has 3 aromatic carbocycles. The van der Waals surface area contributed by atoms with Crippen LogP contribution in [0.5, 0.6) is 5.75 Å². The zero-order chi connectivity index (χ0) is 26.8. The highest BCUT2D eigenvalue weighted by atomic mass is 35.5. The maximum absolute atomic E-state index is 14.5. The van der Waals surface area contributed by atoms with E-state index in [1.54, 1.807) is 56.3 Å². The lowest BCUT2D eigenvalue weighted by Crippen LogP contribution is -2.58. The van der Waals surface area contributed by atoms with E-state index >= 15 is 0 Å². The number of hydrogen-bond acceptors (Lipinski definition) is 4. The molecule has 0 radical (unpaired) electrons. The van der Waals surface area contributed by atoms with Gasteiger partial charge in [0.25, 0.3) is 5.56 Å². The van der Waals surface area contributed by atoms with Gasteiger partial charge in [0.1, 0.15) is 5.75 Å². The van der Waals surface area contributed by atoms with Crippen molar-refractivity contribution in [2.75, 3.05) is 5.32 Å². The van der Waals surface area contributed by atoms with E-state index in [1.165, 1.54) is 34.9 Å². The summed E-state index contributed by atoms with van der Waals surface area (Å²) in [6.07, 6.45) is -5.64. The van der Waals surface area contributed by atoms with Crippen LogP contribution in [0, 0.1) is 0 Å². The van der Waals surface area contributed by atoms with Crippen molar-refractivity contribution in [1.29, 1.82) is 0 Å². The van der Waals surface area contributed by atoms with E-state index in [-0.39, 0.29) is 22.6 Å². The molecule has 0 bridgehead atoms.